The van der Waals surface area contributed by atoms with Crippen molar-refractivity contribution in [3.63, 3.8) is 0 Å². The van der Waals surface area contributed by atoms with E-state index >= 15 is 0 Å². The van der Waals surface area contributed by atoms with Crippen LogP contribution in [0.15, 0.2) is 17.2 Å². The molecule has 1 rings (SSSR count). The van der Waals surface area contributed by atoms with Gasteiger partial charge in [0.2, 0.25) is 0 Å². The van der Waals surface area contributed by atoms with E-state index in [1.165, 1.54) is 12.3 Å². The van der Waals surface area contributed by atoms with Crippen LogP contribution in [0.3, 0.4) is 0 Å². The highest BCUT2D eigenvalue weighted by atomic mass is 35.5. The molecule has 0 unspecified atom stereocenters. The van der Waals surface area contributed by atoms with E-state index in [0.717, 1.165) is 0 Å². The van der Waals surface area contributed by atoms with Crippen molar-refractivity contribution in [1.82, 2.24) is 0 Å². The summed E-state index contributed by atoms with van der Waals surface area (Å²) in [7, 11) is 0. The number of rotatable bonds is 1. The Balaban J connectivity index is 3.23. The first-order valence-electron chi connectivity index (χ1n) is 3.34. The van der Waals surface area contributed by atoms with Crippen molar-refractivity contribution in [3.05, 3.63) is 34.1 Å². The molecule has 64 valence electrons. The number of nitrogens with two attached hydrogens (primary N) is 1. The van der Waals surface area contributed by atoms with Crippen molar-refractivity contribution in [3.8, 4) is 0 Å². The molecule has 2 nitrogen and oxygen atoms in total. The molecule has 0 atom stereocenters. The van der Waals surface area contributed by atoms with Crippen LogP contribution >= 0.6 is 11.6 Å². The number of hydrogen-bond donors (Lipinski definition) is 1. The molecule has 0 amide bonds. The second kappa shape index (κ2) is 3.54. The summed E-state index contributed by atoms with van der Waals surface area (Å²) in [5.41, 5.74) is 1.15. The van der Waals surface area contributed by atoms with E-state index in [4.69, 9.17) is 17.4 Å². The number of nitrogens with zero attached hydrogens (tertiary/aromatic N) is 1. The largest absolute Gasteiger partial charge is 0.323 e. The molecular formula is C8H8ClFN2. The van der Waals surface area contributed by atoms with Crippen LogP contribution in [-0.2, 0) is 0 Å². The predicted molar refractivity (Wildman–Crippen MR) is 47.9 cm³/mol. The second-order valence-corrected chi connectivity index (χ2v) is 2.81. The van der Waals surface area contributed by atoms with E-state index in [9.17, 15) is 4.39 Å². The summed E-state index contributed by atoms with van der Waals surface area (Å²) >= 11 is 5.69. The Morgan fingerprint density at radius 1 is 1.58 bits per heavy atom. The molecule has 0 heterocycles. The third kappa shape index (κ3) is 1.74. The molecule has 0 saturated carbocycles. The lowest BCUT2D eigenvalue weighted by Gasteiger charge is -2.00. The first kappa shape index (κ1) is 9.00. The Kier molecular flexibility index (Phi) is 2.65. The van der Waals surface area contributed by atoms with Gasteiger partial charge in [-0.3, -0.25) is 0 Å². The van der Waals surface area contributed by atoms with E-state index < -0.39 is 0 Å². The van der Waals surface area contributed by atoms with E-state index in [-0.39, 0.29) is 5.82 Å². The van der Waals surface area contributed by atoms with Crippen molar-refractivity contribution < 1.29 is 4.39 Å². The minimum Gasteiger partial charge on any atom is -0.323 e. The lowest BCUT2D eigenvalue weighted by Crippen LogP contribution is -1.91. The SMILES string of the molecule is Cc1cc(C=NN)c(Cl)cc1F. The minimum atomic E-state index is -0.325. The molecule has 0 aliphatic heterocycles. The van der Waals surface area contributed by atoms with Gasteiger partial charge < -0.3 is 5.84 Å². The number of hydrazone groups is 1. The van der Waals surface area contributed by atoms with Crippen LogP contribution in [0.5, 0.6) is 0 Å². The summed E-state index contributed by atoms with van der Waals surface area (Å²) in [5, 5.41) is 3.62. The molecule has 0 aromatic heterocycles. The number of halogens is 2. The molecule has 0 fully saturated rings. The highest BCUT2D eigenvalue weighted by Gasteiger charge is 2.02. The van der Waals surface area contributed by atoms with E-state index in [1.807, 2.05) is 0 Å². The summed E-state index contributed by atoms with van der Waals surface area (Å²) in [6.45, 7) is 1.65. The van der Waals surface area contributed by atoms with Crippen LogP contribution < -0.4 is 5.84 Å². The summed E-state index contributed by atoms with van der Waals surface area (Å²) in [6.07, 6.45) is 1.38. The van der Waals surface area contributed by atoms with E-state index in [0.29, 0.717) is 16.1 Å². The van der Waals surface area contributed by atoms with E-state index in [1.54, 1.807) is 13.0 Å². The number of aryl methyl sites for hydroxylation is 1. The molecule has 0 radical (unpaired) electrons. The molecule has 2 N–H and O–H groups in total. The topological polar surface area (TPSA) is 38.4 Å². The first-order valence-corrected chi connectivity index (χ1v) is 3.72. The highest BCUT2D eigenvalue weighted by Crippen LogP contribution is 2.18. The maximum absolute atomic E-state index is 12.8. The Bertz CT molecular complexity index is 323. The molecule has 4 heteroatoms. The van der Waals surface area contributed by atoms with Crippen LogP contribution in [0.1, 0.15) is 11.1 Å². The molecular weight excluding hydrogens is 179 g/mol. The van der Waals surface area contributed by atoms with Gasteiger partial charge in [-0.15, -0.1) is 0 Å². The van der Waals surface area contributed by atoms with Crippen molar-refractivity contribution in [2.45, 2.75) is 6.92 Å². The summed E-state index contributed by atoms with van der Waals surface area (Å²) in [4.78, 5) is 0. The number of hydrogen-bond acceptors (Lipinski definition) is 2. The zero-order valence-corrected chi connectivity index (χ0v) is 7.27. The van der Waals surface area contributed by atoms with Crippen molar-refractivity contribution in [2.24, 2.45) is 10.9 Å². The fourth-order valence-corrected chi connectivity index (χ4v) is 1.06. The quantitative estimate of drug-likeness (QED) is 0.407. The zero-order valence-electron chi connectivity index (χ0n) is 6.51. The van der Waals surface area contributed by atoms with Gasteiger partial charge in [0.25, 0.3) is 0 Å². The van der Waals surface area contributed by atoms with Gasteiger partial charge in [0.15, 0.2) is 0 Å². The van der Waals surface area contributed by atoms with Crippen LogP contribution in [0.4, 0.5) is 4.39 Å². The molecule has 0 aliphatic carbocycles. The second-order valence-electron chi connectivity index (χ2n) is 2.40. The predicted octanol–water partition coefficient (Wildman–Crippen LogP) is 2.08. The van der Waals surface area contributed by atoms with Crippen LogP contribution in [-0.4, -0.2) is 6.21 Å². The van der Waals surface area contributed by atoms with Crippen molar-refractivity contribution in [2.75, 3.05) is 0 Å². The Hall–Kier alpha value is -1.09. The smallest absolute Gasteiger partial charge is 0.127 e. The molecule has 0 aliphatic rings. The third-order valence-electron chi connectivity index (χ3n) is 1.49. The van der Waals surface area contributed by atoms with Gasteiger partial charge in [-0.2, -0.15) is 5.10 Å². The Morgan fingerprint density at radius 3 is 2.83 bits per heavy atom. The molecule has 0 spiro atoms. The third-order valence-corrected chi connectivity index (χ3v) is 1.82. The molecule has 1 aromatic rings. The van der Waals surface area contributed by atoms with Gasteiger partial charge in [0.05, 0.1) is 11.2 Å². The lowest BCUT2D eigenvalue weighted by molar-refractivity contribution is 0.618. The summed E-state index contributed by atoms with van der Waals surface area (Å²) < 4.78 is 12.8. The van der Waals surface area contributed by atoms with Crippen LogP contribution in [0, 0.1) is 12.7 Å². The van der Waals surface area contributed by atoms with Gasteiger partial charge in [0, 0.05) is 5.56 Å². The van der Waals surface area contributed by atoms with Gasteiger partial charge >= 0.3 is 0 Å². The van der Waals surface area contributed by atoms with Crippen LogP contribution in [0.2, 0.25) is 5.02 Å². The van der Waals surface area contributed by atoms with Crippen LogP contribution in [0.25, 0.3) is 0 Å². The summed E-state index contributed by atoms with van der Waals surface area (Å²) in [6, 6.07) is 2.84. The van der Waals surface area contributed by atoms with Crippen molar-refractivity contribution in [1.29, 1.82) is 0 Å². The Morgan fingerprint density at radius 2 is 2.25 bits per heavy atom. The minimum absolute atomic E-state index is 0.312. The van der Waals surface area contributed by atoms with Crippen molar-refractivity contribution >= 4 is 17.8 Å². The van der Waals surface area contributed by atoms with Gasteiger partial charge in [0.1, 0.15) is 5.82 Å². The average Bonchev–Trinajstić information content (AvgIpc) is 2.01. The van der Waals surface area contributed by atoms with Gasteiger partial charge in [-0.1, -0.05) is 11.6 Å². The Labute approximate surface area is 74.8 Å². The first-order chi connectivity index (χ1) is 5.65. The zero-order chi connectivity index (χ0) is 9.14. The molecule has 0 saturated heterocycles. The van der Waals surface area contributed by atoms with Gasteiger partial charge in [-0.05, 0) is 24.6 Å². The number of benzene rings is 1. The summed E-state index contributed by atoms with van der Waals surface area (Å²) in [5.74, 6) is 4.61. The van der Waals surface area contributed by atoms with Gasteiger partial charge in [-0.25, -0.2) is 4.39 Å². The standard InChI is InChI=1S/C8H8ClFN2/c1-5-2-6(4-12-11)7(9)3-8(5)10/h2-4H,11H2,1H3. The lowest BCUT2D eigenvalue weighted by atomic mass is 10.1. The maximum Gasteiger partial charge on any atom is 0.127 e. The fourth-order valence-electron chi connectivity index (χ4n) is 0.859. The van der Waals surface area contributed by atoms with E-state index in [2.05, 4.69) is 5.10 Å². The normalized spacial score (nSPS) is 10.9. The molecule has 12 heavy (non-hydrogen) atoms. The average molecular weight is 187 g/mol. The molecule has 0 bridgehead atoms. The molecule has 1 aromatic carbocycles. The fraction of sp³-hybridized carbons (Fsp3) is 0.125. The maximum atomic E-state index is 12.8. The monoisotopic (exact) mass is 186 g/mol. The highest BCUT2D eigenvalue weighted by molar-refractivity contribution is 6.33.